The number of nitrogens with one attached hydrogen (secondary N) is 1. The second-order valence-corrected chi connectivity index (χ2v) is 6.64. The fourth-order valence-electron chi connectivity index (χ4n) is 3.06. The largest absolute Gasteiger partial charge is 0.485 e. The molecule has 4 aromatic rings. The molecule has 0 spiro atoms. The topological polar surface area (TPSA) is 99.0 Å². The molecule has 0 atom stereocenters. The van der Waals surface area contributed by atoms with Gasteiger partial charge in [-0.15, -0.1) is 0 Å². The molecule has 1 amide bonds. The molecule has 0 aliphatic carbocycles. The van der Waals surface area contributed by atoms with E-state index in [2.05, 4.69) is 20.4 Å². The van der Waals surface area contributed by atoms with Crippen LogP contribution in [-0.4, -0.2) is 25.7 Å². The van der Waals surface area contributed by atoms with Gasteiger partial charge in [0.15, 0.2) is 11.6 Å². The Labute approximate surface area is 172 Å². The van der Waals surface area contributed by atoms with Crippen molar-refractivity contribution in [1.82, 2.24) is 19.7 Å². The summed E-state index contributed by atoms with van der Waals surface area (Å²) in [6, 6.07) is 14.3. The molecule has 0 fully saturated rings. The Kier molecular flexibility index (Phi) is 5.47. The van der Waals surface area contributed by atoms with E-state index in [1.165, 1.54) is 0 Å². The maximum absolute atomic E-state index is 12.7. The van der Waals surface area contributed by atoms with Crippen LogP contribution in [0.4, 0.5) is 5.82 Å². The monoisotopic (exact) mass is 401 g/mol. The lowest BCUT2D eigenvalue weighted by molar-refractivity contribution is -0.117. The molecule has 1 N–H and O–H groups in total. The molecular formula is C22H19N5O3. The molecule has 8 nitrogen and oxygen atoms in total. The maximum Gasteiger partial charge on any atom is 0.275 e. The number of carbonyl (C=O) groups excluding carboxylic acids is 1. The van der Waals surface area contributed by atoms with Crippen molar-refractivity contribution < 1.29 is 9.53 Å². The molecule has 4 rings (SSSR count). The summed E-state index contributed by atoms with van der Waals surface area (Å²) < 4.78 is 6.95. The average Bonchev–Trinajstić information content (AvgIpc) is 2.77. The molecule has 8 heteroatoms. The first-order valence-corrected chi connectivity index (χ1v) is 9.35. The van der Waals surface area contributed by atoms with Crippen molar-refractivity contribution in [3.63, 3.8) is 0 Å². The summed E-state index contributed by atoms with van der Waals surface area (Å²) in [4.78, 5) is 33.4. The zero-order chi connectivity index (χ0) is 20.9. The van der Waals surface area contributed by atoms with Crippen molar-refractivity contribution in [2.24, 2.45) is 0 Å². The van der Waals surface area contributed by atoms with E-state index in [0.29, 0.717) is 23.4 Å². The van der Waals surface area contributed by atoms with E-state index in [4.69, 9.17) is 4.74 Å². The summed E-state index contributed by atoms with van der Waals surface area (Å²) in [6.07, 6.45) is 4.92. The van der Waals surface area contributed by atoms with Crippen LogP contribution in [0, 0.1) is 6.92 Å². The van der Waals surface area contributed by atoms with Crippen molar-refractivity contribution in [2.45, 2.75) is 20.1 Å². The van der Waals surface area contributed by atoms with Crippen LogP contribution < -0.4 is 15.6 Å². The van der Waals surface area contributed by atoms with Gasteiger partial charge in [-0.25, -0.2) is 9.67 Å². The summed E-state index contributed by atoms with van der Waals surface area (Å²) >= 11 is 0. The van der Waals surface area contributed by atoms with E-state index in [-0.39, 0.29) is 17.9 Å². The number of hydrogen-bond acceptors (Lipinski definition) is 6. The fraction of sp³-hybridized carbons (Fsp3) is 0.136. The third kappa shape index (κ3) is 4.17. The van der Waals surface area contributed by atoms with Crippen LogP contribution in [0.25, 0.3) is 10.8 Å². The number of amides is 1. The number of aromatic nitrogens is 4. The number of hydrogen-bond donors (Lipinski definition) is 1. The molecule has 3 heterocycles. The molecule has 0 saturated carbocycles. The molecule has 0 bridgehead atoms. The van der Waals surface area contributed by atoms with Gasteiger partial charge in [0.2, 0.25) is 5.91 Å². The van der Waals surface area contributed by atoms with Crippen LogP contribution in [0.3, 0.4) is 0 Å². The number of pyridine rings is 2. The third-order valence-electron chi connectivity index (χ3n) is 4.52. The highest BCUT2D eigenvalue weighted by Gasteiger charge is 2.13. The molecule has 0 unspecified atom stereocenters. The molecule has 150 valence electrons. The number of benzene rings is 1. The van der Waals surface area contributed by atoms with Crippen LogP contribution in [0.1, 0.15) is 11.3 Å². The molecule has 0 aliphatic heterocycles. The van der Waals surface area contributed by atoms with Crippen LogP contribution in [0.15, 0.2) is 71.9 Å². The quantitative estimate of drug-likeness (QED) is 0.533. The van der Waals surface area contributed by atoms with E-state index >= 15 is 0 Å². The highest BCUT2D eigenvalue weighted by atomic mass is 16.5. The minimum atomic E-state index is -0.424. The first-order chi connectivity index (χ1) is 14.6. The highest BCUT2D eigenvalue weighted by Crippen LogP contribution is 2.22. The fourth-order valence-corrected chi connectivity index (χ4v) is 3.06. The van der Waals surface area contributed by atoms with E-state index in [0.717, 1.165) is 15.6 Å². The Morgan fingerprint density at radius 2 is 1.80 bits per heavy atom. The van der Waals surface area contributed by atoms with Gasteiger partial charge in [-0.2, -0.15) is 5.10 Å². The number of anilines is 1. The summed E-state index contributed by atoms with van der Waals surface area (Å²) in [6.45, 7) is 1.88. The second-order valence-electron chi connectivity index (χ2n) is 6.64. The van der Waals surface area contributed by atoms with Crippen molar-refractivity contribution in [3.05, 3.63) is 88.7 Å². The Morgan fingerprint density at radius 1 is 1.03 bits per heavy atom. The van der Waals surface area contributed by atoms with Gasteiger partial charge in [-0.1, -0.05) is 18.2 Å². The lowest BCUT2D eigenvalue weighted by Crippen LogP contribution is -2.30. The Hall–Kier alpha value is -4.07. The van der Waals surface area contributed by atoms with Crippen molar-refractivity contribution >= 4 is 22.5 Å². The number of aryl methyl sites for hydroxylation is 1. The van der Waals surface area contributed by atoms with Crippen molar-refractivity contribution in [3.8, 4) is 5.75 Å². The lowest BCUT2D eigenvalue weighted by Gasteiger charge is -2.12. The first kappa shape index (κ1) is 19.3. The molecular weight excluding hydrogens is 382 g/mol. The van der Waals surface area contributed by atoms with Gasteiger partial charge in [0.1, 0.15) is 13.2 Å². The first-order valence-electron chi connectivity index (χ1n) is 9.35. The standard InChI is InChI=1S/C22H19N5O3/c1-15-17-5-2-3-6-18(17)22(29)27(26-15)13-20(28)25-21-19(7-4-10-24-21)30-14-16-8-11-23-12-9-16/h2-12H,13-14H2,1H3,(H,24,25,28). The van der Waals surface area contributed by atoms with Crippen LogP contribution in [-0.2, 0) is 17.9 Å². The average molecular weight is 401 g/mol. The molecule has 3 aromatic heterocycles. The smallest absolute Gasteiger partial charge is 0.275 e. The highest BCUT2D eigenvalue weighted by molar-refractivity contribution is 5.91. The zero-order valence-corrected chi connectivity index (χ0v) is 16.3. The Balaban J connectivity index is 1.51. The molecule has 30 heavy (non-hydrogen) atoms. The van der Waals surface area contributed by atoms with E-state index in [1.807, 2.05) is 24.3 Å². The van der Waals surface area contributed by atoms with Gasteiger partial charge >= 0.3 is 0 Å². The summed E-state index contributed by atoms with van der Waals surface area (Å²) in [7, 11) is 0. The van der Waals surface area contributed by atoms with E-state index in [9.17, 15) is 9.59 Å². The second kappa shape index (κ2) is 8.52. The molecule has 1 aromatic carbocycles. The zero-order valence-electron chi connectivity index (χ0n) is 16.3. The summed E-state index contributed by atoms with van der Waals surface area (Å²) in [5.41, 5.74) is 1.30. The minimum absolute atomic E-state index is 0.231. The lowest BCUT2D eigenvalue weighted by atomic mass is 10.1. The van der Waals surface area contributed by atoms with Crippen molar-refractivity contribution in [1.29, 1.82) is 0 Å². The van der Waals surface area contributed by atoms with E-state index < -0.39 is 5.91 Å². The van der Waals surface area contributed by atoms with Gasteiger partial charge < -0.3 is 10.1 Å². The van der Waals surface area contributed by atoms with Gasteiger partial charge in [0.25, 0.3) is 5.56 Å². The van der Waals surface area contributed by atoms with Crippen LogP contribution >= 0.6 is 0 Å². The summed E-state index contributed by atoms with van der Waals surface area (Å²) in [5, 5.41) is 8.27. The van der Waals surface area contributed by atoms with Gasteiger partial charge in [-0.3, -0.25) is 14.6 Å². The third-order valence-corrected chi connectivity index (χ3v) is 4.52. The van der Waals surface area contributed by atoms with E-state index in [1.54, 1.807) is 49.8 Å². The molecule has 0 aliphatic rings. The predicted octanol–water partition coefficient (Wildman–Crippen LogP) is 2.71. The number of nitrogens with zero attached hydrogens (tertiary/aromatic N) is 4. The normalized spacial score (nSPS) is 10.7. The molecule has 0 saturated heterocycles. The van der Waals surface area contributed by atoms with Gasteiger partial charge in [-0.05, 0) is 42.8 Å². The maximum atomic E-state index is 12.7. The minimum Gasteiger partial charge on any atom is -0.485 e. The van der Waals surface area contributed by atoms with Gasteiger partial charge in [0, 0.05) is 24.0 Å². The van der Waals surface area contributed by atoms with Crippen LogP contribution in [0.5, 0.6) is 5.75 Å². The molecule has 0 radical (unpaired) electrons. The summed E-state index contributed by atoms with van der Waals surface area (Å²) in [5.74, 6) is 0.284. The Morgan fingerprint density at radius 3 is 2.60 bits per heavy atom. The van der Waals surface area contributed by atoms with Crippen molar-refractivity contribution in [2.75, 3.05) is 5.32 Å². The number of carbonyl (C=O) groups is 1. The predicted molar refractivity (Wildman–Crippen MR) is 112 cm³/mol. The van der Waals surface area contributed by atoms with Crippen LogP contribution in [0.2, 0.25) is 0 Å². The number of ether oxygens (including phenoxy) is 1. The Bertz CT molecular complexity index is 1250. The number of rotatable bonds is 6. The van der Waals surface area contributed by atoms with Gasteiger partial charge in [0.05, 0.1) is 11.1 Å². The SMILES string of the molecule is Cc1nn(CC(=O)Nc2ncccc2OCc2ccncc2)c(=O)c2ccccc12. The number of fused-ring (bicyclic) bond motifs is 1.